The van der Waals surface area contributed by atoms with E-state index in [1.54, 1.807) is 109 Å². The van der Waals surface area contributed by atoms with Crippen LogP contribution in [0.4, 0.5) is 13.2 Å². The zero-order valence-electron chi connectivity index (χ0n) is 67.8. The molecule has 0 N–H and O–H groups in total. The minimum absolute atomic E-state index is 0.0232. The van der Waals surface area contributed by atoms with Gasteiger partial charge < -0.3 is 37.9 Å². The van der Waals surface area contributed by atoms with E-state index in [0.717, 1.165) is 96.9 Å². The second-order valence-corrected chi connectivity index (χ2v) is 30.8. The minimum atomic E-state index is -0.711. The molecule has 0 aromatic heterocycles. The van der Waals surface area contributed by atoms with Gasteiger partial charge in [0.1, 0.15) is 56.4 Å². The second-order valence-electron chi connectivity index (χ2n) is 29.4. The second kappa shape index (κ2) is 49.9. The lowest BCUT2D eigenvalue weighted by atomic mass is 10.0. The highest BCUT2D eigenvalue weighted by Gasteiger charge is 2.25. The van der Waals surface area contributed by atoms with E-state index in [1.165, 1.54) is 94.5 Å². The summed E-state index contributed by atoms with van der Waals surface area (Å²) in [5, 5.41) is -2.13. The molecule has 20 heteroatoms. The van der Waals surface area contributed by atoms with Crippen LogP contribution in [-0.2, 0) is 20.8 Å². The molecule has 9 rings (SSSR count). The molecule has 0 heterocycles. The number of benzene rings is 9. The first-order chi connectivity index (χ1) is 55.8. The molecule has 0 amide bonds. The van der Waals surface area contributed by atoms with Crippen LogP contribution in [0.5, 0.6) is 46.0 Å². The van der Waals surface area contributed by atoms with Gasteiger partial charge in [-0.1, -0.05) is 237 Å². The summed E-state index contributed by atoms with van der Waals surface area (Å²) in [5.74, 6) is -2.48. The van der Waals surface area contributed by atoms with Crippen LogP contribution in [0, 0.1) is 35.2 Å². The molecule has 116 heavy (non-hydrogen) atoms. The topological polar surface area (TPSA) is 176 Å². The number of hydrogen-bond donors (Lipinski definition) is 0. The highest BCUT2D eigenvalue weighted by Crippen LogP contribution is 2.32. The Labute approximate surface area is 697 Å². The van der Waals surface area contributed by atoms with E-state index in [1.807, 2.05) is 90.1 Å². The number of rotatable bonds is 41. The summed E-state index contributed by atoms with van der Waals surface area (Å²) in [5.41, 5.74) is 6.32. The summed E-state index contributed by atoms with van der Waals surface area (Å²) >= 11 is 18.2. The maximum atomic E-state index is 14.5. The van der Waals surface area contributed by atoms with Crippen molar-refractivity contribution in [3.63, 3.8) is 0 Å². The molecule has 3 unspecified atom stereocenters. The van der Waals surface area contributed by atoms with Gasteiger partial charge in [-0.2, -0.15) is 0 Å². The minimum Gasteiger partial charge on any atom is -0.491 e. The molecule has 14 nitrogen and oxygen atoms in total. The molecule has 618 valence electrons. The molecule has 0 aliphatic heterocycles. The first kappa shape index (κ1) is 93.2. The summed E-state index contributed by atoms with van der Waals surface area (Å²) in [6.07, 6.45) is 21.2. The number of unbranched alkanes of at least 4 members (excludes halogenated alkanes) is 15. The van der Waals surface area contributed by atoms with E-state index in [0.29, 0.717) is 59.7 Å². The Kier molecular flexibility index (Phi) is 40.1. The Bertz CT molecular complexity index is 4520. The third kappa shape index (κ3) is 31.6. The third-order valence-electron chi connectivity index (χ3n) is 18.8. The lowest BCUT2D eigenvalue weighted by Gasteiger charge is -2.12. The maximum absolute atomic E-state index is 14.5. The van der Waals surface area contributed by atoms with Crippen LogP contribution in [0.15, 0.2) is 200 Å². The van der Waals surface area contributed by atoms with Crippen molar-refractivity contribution in [2.75, 3.05) is 13.2 Å². The van der Waals surface area contributed by atoms with E-state index < -0.39 is 63.6 Å². The van der Waals surface area contributed by atoms with Crippen molar-refractivity contribution < 1.29 is 79.8 Å². The van der Waals surface area contributed by atoms with Gasteiger partial charge in [0.2, 0.25) is 0 Å². The molecule has 3 atom stereocenters. The van der Waals surface area contributed by atoms with Crippen molar-refractivity contribution in [1.82, 2.24) is 0 Å². The highest BCUT2D eigenvalue weighted by atomic mass is 35.5. The Morgan fingerprint density at radius 3 is 0.767 bits per heavy atom. The largest absolute Gasteiger partial charge is 0.491 e. The van der Waals surface area contributed by atoms with Crippen LogP contribution in [0.2, 0.25) is 0 Å². The predicted molar refractivity (Wildman–Crippen MR) is 455 cm³/mol. The van der Waals surface area contributed by atoms with Gasteiger partial charge in [0, 0.05) is 0 Å². The van der Waals surface area contributed by atoms with E-state index >= 15 is 0 Å². The molecule has 0 bridgehead atoms. The number of hydrogen-bond acceptors (Lipinski definition) is 14. The van der Waals surface area contributed by atoms with Crippen molar-refractivity contribution in [2.24, 2.45) is 17.8 Å². The quantitative estimate of drug-likeness (QED) is 0.0153. The van der Waals surface area contributed by atoms with E-state index in [9.17, 15) is 41.9 Å². The number of aryl methyl sites for hydroxylation is 1. The summed E-state index contributed by atoms with van der Waals surface area (Å²) in [4.78, 5) is 73.7. The van der Waals surface area contributed by atoms with Crippen LogP contribution >= 0.6 is 34.8 Å². The molecule has 0 aliphatic carbocycles. The van der Waals surface area contributed by atoms with E-state index in [4.69, 9.17) is 72.7 Å². The zero-order chi connectivity index (χ0) is 83.9. The average molecular weight is 1650 g/mol. The molecule has 9 aromatic carbocycles. The normalized spacial score (nSPS) is 11.8. The number of ether oxygens (including phenoxy) is 8. The fourth-order valence-corrected chi connectivity index (χ4v) is 11.8. The van der Waals surface area contributed by atoms with Gasteiger partial charge in [-0.3, -0.25) is 14.4 Å². The summed E-state index contributed by atoms with van der Waals surface area (Å²) in [7, 11) is 0. The van der Waals surface area contributed by atoms with Crippen molar-refractivity contribution in [3.05, 3.63) is 240 Å². The van der Waals surface area contributed by atoms with Crippen LogP contribution in [-0.4, -0.2) is 65.2 Å². The van der Waals surface area contributed by atoms with Gasteiger partial charge in [0.15, 0.2) is 23.1 Å². The first-order valence-electron chi connectivity index (χ1n) is 40.3. The molecule has 0 fully saturated rings. The average Bonchev–Trinajstić information content (AvgIpc) is 0.845. The molecule has 0 radical (unpaired) electrons. The van der Waals surface area contributed by atoms with Gasteiger partial charge in [-0.05, 0) is 204 Å². The Hall–Kier alpha value is -9.94. The van der Waals surface area contributed by atoms with Crippen molar-refractivity contribution >= 4 is 70.6 Å². The van der Waals surface area contributed by atoms with E-state index in [-0.39, 0.29) is 51.8 Å². The van der Waals surface area contributed by atoms with Gasteiger partial charge in [-0.25, -0.2) is 27.6 Å². The molecule has 0 spiro atoms. The van der Waals surface area contributed by atoms with Crippen LogP contribution in [0.1, 0.15) is 215 Å². The smallest absolute Gasteiger partial charge is 0.343 e. The SMILES string of the molecule is CCCCCCCCCCOc1ccc(C(=O)Oc2ccc(-c3ccc(OC(=O)C(Cl)C(C)C)cc3)cc2)cc1F.CCCCCCCCCOc1ccc(C(=O)Oc2ccc(-c3ccc(OC(=O)C(Cl)C(C)C)cc3)cc2)cc1F.CCCCCc1ccc(C(=O)Oc2ccc(-c3ccc(OC(=O)C(Cl)C(C)C)cc3)cc2)cc1F. The fourth-order valence-electron chi connectivity index (χ4n) is 11.7. The number of carbonyl (C=O) groups is 6. The zero-order valence-corrected chi connectivity index (χ0v) is 70.1. The number of alkyl halides is 3. The lowest BCUT2D eigenvalue weighted by molar-refractivity contribution is -0.135. The Morgan fingerprint density at radius 1 is 0.284 bits per heavy atom. The third-order valence-corrected chi connectivity index (χ3v) is 20.8. The molecule has 0 saturated carbocycles. The molecular formula is C96H108Cl3F3O14. The van der Waals surface area contributed by atoms with Crippen molar-refractivity contribution in [1.29, 1.82) is 0 Å². The fraction of sp³-hybridized carbons (Fsp3) is 0.375. The monoisotopic (exact) mass is 1650 g/mol. The lowest BCUT2D eigenvalue weighted by Crippen LogP contribution is -2.25. The Balaban J connectivity index is 0.000000241. The Morgan fingerprint density at radius 2 is 0.517 bits per heavy atom. The standard InChI is InChI=1S/C34H40ClFO5.C33H38ClFO5.C29H30ClFO4/c1-4-5-6-7-8-9-10-11-22-39-31-21-16-27(23-30(31)36)33(37)40-28-17-12-25(13-18-28)26-14-19-29(20-15-26)41-34(38)32(35)24(2)3;1-4-5-6-7-8-9-10-21-38-30-20-15-26(22-29(30)35)32(36)39-27-16-11-24(12-17-27)25-13-18-28(19-14-25)40-33(37)31(34)23(2)3;1-4-5-6-7-22-8-9-23(18-26(22)31)28(32)34-24-14-10-20(11-15-24)21-12-16-25(17-13-21)35-29(33)27(30)19(2)3/h12-21,23-24,32H,4-11,22H2,1-3H3;11-20,22-23,31H,4-10,21H2,1-3H3;8-19,27H,4-7H2,1-3H3. The summed E-state index contributed by atoms with van der Waals surface area (Å²) in [6, 6.07) is 54.7. The van der Waals surface area contributed by atoms with E-state index in [2.05, 4.69) is 20.8 Å². The highest BCUT2D eigenvalue weighted by molar-refractivity contribution is 6.31. The van der Waals surface area contributed by atoms with Gasteiger partial charge >= 0.3 is 35.8 Å². The number of esters is 6. The molecule has 0 saturated heterocycles. The van der Waals surface area contributed by atoms with Crippen LogP contribution in [0.3, 0.4) is 0 Å². The molecule has 0 aliphatic rings. The molecule has 9 aromatic rings. The van der Waals surface area contributed by atoms with Crippen molar-refractivity contribution in [3.8, 4) is 79.4 Å². The first-order valence-corrected chi connectivity index (χ1v) is 41.6. The number of carbonyl (C=O) groups excluding carboxylic acids is 6. The van der Waals surface area contributed by atoms with Crippen LogP contribution < -0.4 is 37.9 Å². The maximum Gasteiger partial charge on any atom is 0.343 e. The summed E-state index contributed by atoms with van der Waals surface area (Å²) in [6.45, 7) is 18.5. The summed E-state index contributed by atoms with van der Waals surface area (Å²) < 4.78 is 86.8. The van der Waals surface area contributed by atoms with Gasteiger partial charge in [0.25, 0.3) is 0 Å². The molecular weight excluding hydrogens is 1540 g/mol. The van der Waals surface area contributed by atoms with Gasteiger partial charge in [0.05, 0.1) is 29.9 Å². The van der Waals surface area contributed by atoms with Crippen molar-refractivity contribution in [2.45, 2.75) is 200 Å². The number of halogens is 6. The predicted octanol–water partition coefficient (Wildman–Crippen LogP) is 26.0. The van der Waals surface area contributed by atoms with Gasteiger partial charge in [-0.15, -0.1) is 34.8 Å². The van der Waals surface area contributed by atoms with Crippen LogP contribution in [0.25, 0.3) is 33.4 Å².